The monoisotopic (exact) mass is 364 g/mol. The predicted molar refractivity (Wildman–Crippen MR) is 83.8 cm³/mol. The van der Waals surface area contributed by atoms with Crippen LogP contribution < -0.4 is 10.5 Å². The molecule has 0 radical (unpaired) electrons. The van der Waals surface area contributed by atoms with E-state index in [4.69, 9.17) is 5.73 Å². The molecular formula is C12H17BrN2O2S2. The second-order valence-corrected chi connectivity index (χ2v) is 9.19. The van der Waals surface area contributed by atoms with Gasteiger partial charge in [0, 0.05) is 21.5 Å². The molecule has 2 rings (SSSR count). The van der Waals surface area contributed by atoms with Crippen LogP contribution in [0.5, 0.6) is 0 Å². The van der Waals surface area contributed by atoms with Crippen molar-refractivity contribution < 1.29 is 8.42 Å². The maximum Gasteiger partial charge on any atom is 0.241 e. The molecule has 1 aromatic carbocycles. The molecule has 19 heavy (non-hydrogen) atoms. The first-order valence-electron chi connectivity index (χ1n) is 6.01. The summed E-state index contributed by atoms with van der Waals surface area (Å²) in [5.41, 5.74) is 6.15. The molecule has 1 heterocycles. The van der Waals surface area contributed by atoms with Crippen molar-refractivity contribution in [2.75, 3.05) is 18.0 Å². The summed E-state index contributed by atoms with van der Waals surface area (Å²) in [6, 6.07) is 4.71. The highest BCUT2D eigenvalue weighted by Gasteiger charge is 2.31. The smallest absolute Gasteiger partial charge is 0.241 e. The van der Waals surface area contributed by atoms with Crippen LogP contribution in [-0.4, -0.2) is 25.5 Å². The number of anilines is 1. The van der Waals surface area contributed by atoms with Crippen LogP contribution in [0.15, 0.2) is 27.6 Å². The number of nitrogens with one attached hydrogen (secondary N) is 1. The second kappa shape index (κ2) is 5.63. The minimum atomic E-state index is -3.50. The van der Waals surface area contributed by atoms with Gasteiger partial charge < -0.3 is 5.73 Å². The van der Waals surface area contributed by atoms with Crippen molar-refractivity contribution in [1.82, 2.24) is 4.72 Å². The molecule has 0 bridgehead atoms. The van der Waals surface area contributed by atoms with Gasteiger partial charge in [0.1, 0.15) is 0 Å². The van der Waals surface area contributed by atoms with Crippen LogP contribution in [0.4, 0.5) is 5.69 Å². The fraction of sp³-hybridized carbons (Fsp3) is 0.500. The molecule has 0 spiro atoms. The number of benzene rings is 1. The average Bonchev–Trinajstić information content (AvgIpc) is 2.74. The van der Waals surface area contributed by atoms with Crippen LogP contribution >= 0.6 is 27.7 Å². The summed E-state index contributed by atoms with van der Waals surface area (Å²) in [4.78, 5) is 0.230. The molecule has 1 atom stereocenters. The van der Waals surface area contributed by atoms with E-state index >= 15 is 0 Å². The molecule has 4 nitrogen and oxygen atoms in total. The van der Waals surface area contributed by atoms with Crippen molar-refractivity contribution in [3.05, 3.63) is 22.7 Å². The molecule has 1 aliphatic heterocycles. The van der Waals surface area contributed by atoms with Gasteiger partial charge in [-0.2, -0.15) is 11.8 Å². The number of halogens is 1. The van der Waals surface area contributed by atoms with Gasteiger partial charge in [0.05, 0.1) is 4.90 Å². The molecule has 1 unspecified atom stereocenters. The molecule has 1 aliphatic rings. The third kappa shape index (κ3) is 3.65. The lowest BCUT2D eigenvalue weighted by molar-refractivity contribution is 0.552. The number of thioether (sulfide) groups is 1. The van der Waals surface area contributed by atoms with Crippen molar-refractivity contribution in [3.8, 4) is 0 Å². The number of nitrogen functional groups attached to an aromatic ring is 1. The number of nitrogens with two attached hydrogens (primary N) is 1. The van der Waals surface area contributed by atoms with Crippen molar-refractivity contribution in [1.29, 1.82) is 0 Å². The van der Waals surface area contributed by atoms with E-state index in [1.165, 1.54) is 6.07 Å². The summed E-state index contributed by atoms with van der Waals surface area (Å²) in [5, 5.41) is 0. The van der Waals surface area contributed by atoms with Crippen molar-refractivity contribution >= 4 is 43.4 Å². The summed E-state index contributed by atoms with van der Waals surface area (Å²) >= 11 is 5.07. The van der Waals surface area contributed by atoms with E-state index in [2.05, 4.69) is 27.6 Å². The summed E-state index contributed by atoms with van der Waals surface area (Å²) in [7, 11) is -3.50. The number of sulfonamides is 1. The standard InChI is InChI=1S/C12H17BrN2O2S2/c1-12(5-2-6-18-12)8-15-19(16,17)11-4-3-9(14)7-10(11)13/h3-4,7,15H,2,5-6,8,14H2,1H3. The fourth-order valence-electron chi connectivity index (χ4n) is 2.04. The van der Waals surface area contributed by atoms with Crippen molar-refractivity contribution in [2.24, 2.45) is 0 Å². The Kier molecular flexibility index (Phi) is 4.49. The lowest BCUT2D eigenvalue weighted by Crippen LogP contribution is -2.36. The molecule has 0 aromatic heterocycles. The van der Waals surface area contributed by atoms with Gasteiger partial charge in [0.25, 0.3) is 0 Å². The summed E-state index contributed by atoms with van der Waals surface area (Å²) in [6.07, 6.45) is 2.19. The van der Waals surface area contributed by atoms with E-state index in [1.54, 1.807) is 12.1 Å². The zero-order valence-corrected chi connectivity index (χ0v) is 13.9. The third-order valence-corrected chi connectivity index (χ3v) is 7.10. The van der Waals surface area contributed by atoms with Gasteiger partial charge in [-0.1, -0.05) is 0 Å². The Morgan fingerprint density at radius 2 is 2.26 bits per heavy atom. The first kappa shape index (κ1) is 15.2. The van der Waals surface area contributed by atoms with E-state index in [9.17, 15) is 8.42 Å². The molecule has 106 valence electrons. The van der Waals surface area contributed by atoms with Crippen LogP contribution in [0, 0.1) is 0 Å². The van der Waals surface area contributed by atoms with Gasteiger partial charge in [0.15, 0.2) is 0 Å². The Balaban J connectivity index is 2.14. The first-order chi connectivity index (χ1) is 8.82. The van der Waals surface area contributed by atoms with E-state index in [1.807, 2.05) is 11.8 Å². The van der Waals surface area contributed by atoms with Crippen molar-refractivity contribution in [3.63, 3.8) is 0 Å². The Labute approximate surface area is 126 Å². The molecule has 0 saturated carbocycles. The summed E-state index contributed by atoms with van der Waals surface area (Å²) in [6.45, 7) is 2.56. The van der Waals surface area contributed by atoms with Gasteiger partial charge in [-0.25, -0.2) is 13.1 Å². The highest BCUT2D eigenvalue weighted by Crippen LogP contribution is 2.37. The zero-order chi connectivity index (χ0) is 14.1. The third-order valence-electron chi connectivity index (χ3n) is 3.18. The summed E-state index contributed by atoms with van der Waals surface area (Å²) in [5.74, 6) is 1.10. The van der Waals surface area contributed by atoms with E-state index in [0.29, 0.717) is 16.7 Å². The zero-order valence-electron chi connectivity index (χ0n) is 10.6. The predicted octanol–water partition coefficient (Wildman–Crippen LogP) is 2.60. The van der Waals surface area contributed by atoms with Crippen LogP contribution in [0.3, 0.4) is 0 Å². The minimum absolute atomic E-state index is 0.00730. The van der Waals surface area contributed by atoms with Gasteiger partial charge in [-0.3, -0.25) is 0 Å². The highest BCUT2D eigenvalue weighted by molar-refractivity contribution is 9.10. The van der Waals surface area contributed by atoms with E-state index < -0.39 is 10.0 Å². The maximum absolute atomic E-state index is 12.3. The lowest BCUT2D eigenvalue weighted by Gasteiger charge is -2.23. The minimum Gasteiger partial charge on any atom is -0.399 e. The Bertz CT molecular complexity index is 569. The van der Waals surface area contributed by atoms with Gasteiger partial charge in [0.2, 0.25) is 10.0 Å². The largest absolute Gasteiger partial charge is 0.399 e. The lowest BCUT2D eigenvalue weighted by atomic mass is 10.1. The number of hydrogen-bond donors (Lipinski definition) is 2. The van der Waals surface area contributed by atoms with Gasteiger partial charge in [-0.05, 0) is 59.6 Å². The molecule has 1 saturated heterocycles. The van der Waals surface area contributed by atoms with Crippen molar-refractivity contribution in [2.45, 2.75) is 29.4 Å². The topological polar surface area (TPSA) is 72.2 Å². The average molecular weight is 365 g/mol. The molecule has 0 aliphatic carbocycles. The SMILES string of the molecule is CC1(CNS(=O)(=O)c2ccc(N)cc2Br)CCCS1. The normalized spacial score (nSPS) is 23.7. The molecule has 3 N–H and O–H groups in total. The maximum atomic E-state index is 12.3. The van der Waals surface area contributed by atoms with Crippen LogP contribution in [0.25, 0.3) is 0 Å². The van der Waals surface area contributed by atoms with E-state index in [0.717, 1.165) is 18.6 Å². The Hall–Kier alpha value is -0.240. The molecular weight excluding hydrogens is 348 g/mol. The fourth-order valence-corrected chi connectivity index (χ4v) is 5.64. The molecule has 1 fully saturated rings. The van der Waals surface area contributed by atoms with E-state index in [-0.39, 0.29) is 9.64 Å². The molecule has 7 heteroatoms. The Morgan fingerprint density at radius 3 is 2.84 bits per heavy atom. The first-order valence-corrected chi connectivity index (χ1v) is 9.27. The Morgan fingerprint density at radius 1 is 1.53 bits per heavy atom. The molecule has 1 aromatic rings. The van der Waals surface area contributed by atoms with Gasteiger partial charge in [-0.15, -0.1) is 0 Å². The number of hydrogen-bond acceptors (Lipinski definition) is 4. The second-order valence-electron chi connectivity index (χ2n) is 4.92. The number of rotatable bonds is 4. The van der Waals surface area contributed by atoms with Crippen LogP contribution in [0.1, 0.15) is 19.8 Å². The molecule has 0 amide bonds. The van der Waals surface area contributed by atoms with Crippen LogP contribution in [-0.2, 0) is 10.0 Å². The quantitative estimate of drug-likeness (QED) is 0.805. The highest BCUT2D eigenvalue weighted by atomic mass is 79.9. The summed E-state index contributed by atoms with van der Waals surface area (Å²) < 4.78 is 27.7. The van der Waals surface area contributed by atoms with Crippen LogP contribution in [0.2, 0.25) is 0 Å². The van der Waals surface area contributed by atoms with Gasteiger partial charge >= 0.3 is 0 Å².